The van der Waals surface area contributed by atoms with Crippen molar-refractivity contribution in [1.82, 2.24) is 5.32 Å². The van der Waals surface area contributed by atoms with Crippen LogP contribution in [0.25, 0.3) is 0 Å². The van der Waals surface area contributed by atoms with E-state index in [1.54, 1.807) is 0 Å². The minimum absolute atomic E-state index is 0.0305. The minimum atomic E-state index is -4.70. The van der Waals surface area contributed by atoms with E-state index in [0.717, 1.165) is 64.2 Å². The zero-order valence-corrected chi connectivity index (χ0v) is 46.2. The molecule has 0 heterocycles. The Kier molecular flexibility index (Phi) is 47.1. The highest BCUT2D eigenvalue weighted by Crippen LogP contribution is 2.38. The lowest BCUT2D eigenvalue weighted by Gasteiger charge is -2.30. The molecule has 0 aliphatic rings. The molecule has 1 N–H and O–H groups in total. The maximum atomic E-state index is 13.5. The summed E-state index contributed by atoms with van der Waals surface area (Å²) in [5.41, 5.74) is 0. The first-order valence-corrected chi connectivity index (χ1v) is 29.9. The van der Waals surface area contributed by atoms with Crippen LogP contribution < -0.4 is 10.2 Å². The number of quaternary nitrogens is 1. The predicted octanol–water partition coefficient (Wildman–Crippen LogP) is 16.3. The number of rotatable bonds is 51. The maximum Gasteiger partial charge on any atom is 0.306 e. The lowest BCUT2D eigenvalue weighted by Crippen LogP contribution is -2.47. The number of unbranched alkanes of at least 4 members (excludes halogenated alkanes) is 29. The van der Waals surface area contributed by atoms with E-state index in [-0.39, 0.29) is 18.9 Å². The Bertz CT molecular complexity index is 1310. The van der Waals surface area contributed by atoms with Gasteiger partial charge in [0.1, 0.15) is 19.3 Å². The van der Waals surface area contributed by atoms with Gasteiger partial charge >= 0.3 is 5.97 Å². The fourth-order valence-corrected chi connectivity index (χ4v) is 8.76. The number of ether oxygens (including phenoxy) is 1. The van der Waals surface area contributed by atoms with E-state index >= 15 is 0 Å². The molecule has 3 atom stereocenters. The van der Waals surface area contributed by atoms with Gasteiger partial charge in [-0.05, 0) is 76.7 Å². The van der Waals surface area contributed by atoms with Crippen LogP contribution in [0.3, 0.4) is 0 Å². The summed E-state index contributed by atoms with van der Waals surface area (Å²) in [5.74, 6) is -0.621. The van der Waals surface area contributed by atoms with Crippen molar-refractivity contribution in [3.05, 3.63) is 48.6 Å². The summed E-state index contributed by atoms with van der Waals surface area (Å²) in [6.45, 7) is 6.79. The fraction of sp³-hybridized carbons (Fsp3) is 0.828. The van der Waals surface area contributed by atoms with Gasteiger partial charge in [0.2, 0.25) is 5.91 Å². The summed E-state index contributed by atoms with van der Waals surface area (Å²) in [5, 5.41) is 3.00. The second-order valence-corrected chi connectivity index (χ2v) is 21.8. The van der Waals surface area contributed by atoms with E-state index in [0.29, 0.717) is 23.9 Å². The molecule has 0 aliphatic heterocycles. The van der Waals surface area contributed by atoms with Crippen LogP contribution >= 0.6 is 7.82 Å². The molecule has 0 saturated carbocycles. The van der Waals surface area contributed by atoms with Gasteiger partial charge in [-0.3, -0.25) is 14.2 Å². The molecule has 0 aromatic heterocycles. The molecule has 0 aliphatic carbocycles. The zero-order chi connectivity index (χ0) is 50.1. The topological polar surface area (TPSA) is 114 Å². The van der Waals surface area contributed by atoms with Crippen LogP contribution in [0.4, 0.5) is 0 Å². The van der Waals surface area contributed by atoms with Gasteiger partial charge in [0.15, 0.2) is 0 Å². The smallest absolute Gasteiger partial charge is 0.306 e. The van der Waals surface area contributed by atoms with Gasteiger partial charge in [0, 0.05) is 12.8 Å². The summed E-state index contributed by atoms with van der Waals surface area (Å²) in [4.78, 5) is 39.7. The fourth-order valence-electron chi connectivity index (χ4n) is 8.04. The molecule has 0 spiro atoms. The van der Waals surface area contributed by atoms with Crippen molar-refractivity contribution < 1.29 is 37.3 Å². The number of hydrogen-bond donors (Lipinski definition) is 1. The van der Waals surface area contributed by atoms with Crippen molar-refractivity contribution in [3.8, 4) is 0 Å². The number of phosphoric acid groups is 1. The Labute approximate surface area is 420 Å². The molecule has 9 nitrogen and oxygen atoms in total. The molecule has 0 aromatic carbocycles. The number of amides is 1. The van der Waals surface area contributed by atoms with E-state index in [4.69, 9.17) is 13.8 Å². The van der Waals surface area contributed by atoms with Crippen LogP contribution in [0.5, 0.6) is 0 Å². The molecule has 398 valence electrons. The summed E-state index contributed by atoms with van der Waals surface area (Å²) in [6.07, 6.45) is 58.0. The van der Waals surface area contributed by atoms with Gasteiger partial charge in [-0.25, -0.2) is 0 Å². The SMILES string of the molecule is CCCCCCCC/C=C\C/C=C/CCC(=O)OC(/C=C\CCCCCCCCCCCC)C(COP(=O)([O-])OCC[N+](C)(C)C)NC(=O)CCCCCCCCC/C=C/CCCCCCCC. The monoisotopic (exact) mass is 977 g/mol. The van der Waals surface area contributed by atoms with Crippen LogP contribution in [-0.2, 0) is 27.9 Å². The summed E-state index contributed by atoms with van der Waals surface area (Å²) >= 11 is 0. The van der Waals surface area contributed by atoms with E-state index in [2.05, 4.69) is 56.5 Å². The Morgan fingerprint density at radius 2 is 0.912 bits per heavy atom. The molecule has 0 aromatic rings. The number of nitrogens with zero attached hydrogens (tertiary/aromatic N) is 1. The summed E-state index contributed by atoms with van der Waals surface area (Å²) in [6, 6.07) is -0.910. The lowest BCUT2D eigenvalue weighted by molar-refractivity contribution is -0.870. The number of carbonyl (C=O) groups excluding carboxylic acids is 2. The Morgan fingerprint density at radius 1 is 0.515 bits per heavy atom. The van der Waals surface area contributed by atoms with Crippen molar-refractivity contribution >= 4 is 19.7 Å². The molecular weight excluding hydrogens is 868 g/mol. The van der Waals surface area contributed by atoms with E-state index in [1.165, 1.54) is 154 Å². The van der Waals surface area contributed by atoms with Gasteiger partial charge in [0.25, 0.3) is 7.82 Å². The molecule has 0 saturated heterocycles. The van der Waals surface area contributed by atoms with Gasteiger partial charge in [-0.15, -0.1) is 0 Å². The van der Waals surface area contributed by atoms with Crippen LogP contribution in [0.1, 0.15) is 258 Å². The third-order valence-corrected chi connectivity index (χ3v) is 13.5. The molecule has 3 unspecified atom stereocenters. The highest BCUT2D eigenvalue weighted by Gasteiger charge is 2.27. The van der Waals surface area contributed by atoms with Crippen molar-refractivity contribution in [2.75, 3.05) is 40.9 Å². The standard InChI is InChI=1S/C58H109N2O7P/c1-7-10-13-16-19-22-25-28-29-30-31-33-35-38-41-44-47-50-57(61)59-55(54-66-68(63,64)65-53-52-60(4,5)6)56(49-46-43-40-37-34-27-24-21-18-15-12-9-3)67-58(62)51-48-45-42-39-36-32-26-23-20-17-14-11-8-2/h28-29,32,36,42,45-46,49,55-56H,7-27,30-31,33-35,37-41,43-44,47-48,50-54H2,1-6H3,(H-,59,61,63,64)/b29-28+,36-32-,45-42+,49-46-. The van der Waals surface area contributed by atoms with Crippen LogP contribution in [0, 0.1) is 0 Å². The Balaban J connectivity index is 5.41. The number of nitrogens with one attached hydrogen (secondary N) is 1. The highest BCUT2D eigenvalue weighted by molar-refractivity contribution is 7.45. The van der Waals surface area contributed by atoms with Crippen LogP contribution in [0.2, 0.25) is 0 Å². The van der Waals surface area contributed by atoms with Crippen molar-refractivity contribution in [2.45, 2.75) is 270 Å². The van der Waals surface area contributed by atoms with Gasteiger partial charge < -0.3 is 28.5 Å². The van der Waals surface area contributed by atoms with Gasteiger partial charge in [0.05, 0.1) is 33.8 Å². The largest absolute Gasteiger partial charge is 0.756 e. The van der Waals surface area contributed by atoms with Crippen LogP contribution in [0.15, 0.2) is 48.6 Å². The number of phosphoric ester groups is 1. The second kappa shape index (κ2) is 48.6. The maximum absolute atomic E-state index is 13.5. The third kappa shape index (κ3) is 49.0. The molecule has 0 rings (SSSR count). The summed E-state index contributed by atoms with van der Waals surface area (Å²) < 4.78 is 30.1. The molecule has 0 radical (unpaired) electrons. The number of carbonyl (C=O) groups is 2. The first kappa shape index (κ1) is 66.0. The number of esters is 1. The second-order valence-electron chi connectivity index (χ2n) is 20.4. The number of allylic oxidation sites excluding steroid dienone is 7. The first-order valence-electron chi connectivity index (χ1n) is 28.4. The minimum Gasteiger partial charge on any atom is -0.756 e. The quantitative estimate of drug-likeness (QED) is 0.0212. The lowest BCUT2D eigenvalue weighted by atomic mass is 10.0. The average Bonchev–Trinajstić information content (AvgIpc) is 3.29. The van der Waals surface area contributed by atoms with Crippen LogP contribution in [-0.4, -0.2) is 69.4 Å². The molecule has 68 heavy (non-hydrogen) atoms. The Morgan fingerprint density at radius 3 is 1.37 bits per heavy atom. The average molecular weight is 977 g/mol. The van der Waals surface area contributed by atoms with Crippen molar-refractivity contribution in [3.63, 3.8) is 0 Å². The molecule has 1 amide bonds. The molecule has 0 bridgehead atoms. The molecular formula is C58H109N2O7P. The van der Waals surface area contributed by atoms with E-state index in [9.17, 15) is 19.0 Å². The van der Waals surface area contributed by atoms with E-state index < -0.39 is 32.5 Å². The predicted molar refractivity (Wildman–Crippen MR) is 289 cm³/mol. The van der Waals surface area contributed by atoms with E-state index in [1.807, 2.05) is 39.4 Å². The normalized spacial score (nSPS) is 14.2. The number of hydrogen-bond acceptors (Lipinski definition) is 7. The van der Waals surface area contributed by atoms with Gasteiger partial charge in [-0.2, -0.15) is 0 Å². The first-order chi connectivity index (χ1) is 32.9. The third-order valence-electron chi connectivity index (χ3n) is 12.5. The van der Waals surface area contributed by atoms with Gasteiger partial charge in [-0.1, -0.05) is 217 Å². The van der Waals surface area contributed by atoms with Crippen molar-refractivity contribution in [2.24, 2.45) is 0 Å². The highest BCUT2D eigenvalue weighted by atomic mass is 31.2. The number of likely N-dealkylation sites (N-methyl/N-ethyl adjacent to an activating group) is 1. The zero-order valence-electron chi connectivity index (χ0n) is 45.3. The molecule has 0 fully saturated rings. The Hall–Kier alpha value is -2.03. The summed E-state index contributed by atoms with van der Waals surface area (Å²) in [7, 11) is 1.16. The van der Waals surface area contributed by atoms with Crippen molar-refractivity contribution in [1.29, 1.82) is 0 Å². The molecule has 10 heteroatoms.